The van der Waals surface area contributed by atoms with Crippen molar-refractivity contribution >= 4 is 11.6 Å². The Morgan fingerprint density at radius 1 is 1.36 bits per heavy atom. The molecule has 0 saturated carbocycles. The van der Waals surface area contributed by atoms with Crippen molar-refractivity contribution in [3.63, 3.8) is 0 Å². The zero-order chi connectivity index (χ0) is 15.5. The maximum Gasteiger partial charge on any atom is 0.292 e. The highest BCUT2D eigenvalue weighted by Crippen LogP contribution is 2.22. The first kappa shape index (κ1) is 14.3. The quantitative estimate of drug-likeness (QED) is 0.596. The first-order chi connectivity index (χ1) is 10.7. The SMILES string of the molecule is CCC(=NNC(=O)c1n[nH]c2c1CCC2)c1ccc(O)cc1. The minimum atomic E-state index is -0.288. The second kappa shape index (κ2) is 6.01. The molecular weight excluding hydrogens is 280 g/mol. The van der Waals surface area contributed by atoms with Crippen LogP contribution < -0.4 is 5.43 Å². The molecule has 1 aromatic carbocycles. The minimum absolute atomic E-state index is 0.204. The number of hydrogen-bond acceptors (Lipinski definition) is 4. The predicted octanol–water partition coefficient (Wildman–Crippen LogP) is 2.15. The lowest BCUT2D eigenvalue weighted by molar-refractivity contribution is 0.0949. The Morgan fingerprint density at radius 3 is 2.86 bits per heavy atom. The van der Waals surface area contributed by atoms with E-state index in [9.17, 15) is 9.90 Å². The van der Waals surface area contributed by atoms with Gasteiger partial charge in [-0.15, -0.1) is 0 Å². The molecule has 0 fully saturated rings. The molecular formula is C16H18N4O2. The molecule has 0 bridgehead atoms. The molecule has 0 spiro atoms. The summed E-state index contributed by atoms with van der Waals surface area (Å²) < 4.78 is 0. The van der Waals surface area contributed by atoms with Crippen LogP contribution >= 0.6 is 0 Å². The third-order valence-corrected chi connectivity index (χ3v) is 3.85. The van der Waals surface area contributed by atoms with Crippen LogP contribution in [0.2, 0.25) is 0 Å². The standard InChI is InChI=1S/C16H18N4O2/c1-2-13(10-6-8-11(21)9-7-10)17-20-16(22)15-12-4-3-5-14(12)18-19-15/h6-9,21H,2-5H2,1H3,(H,18,19)(H,20,22). The van der Waals surface area contributed by atoms with E-state index in [1.54, 1.807) is 24.3 Å². The molecule has 0 unspecified atom stereocenters. The van der Waals surface area contributed by atoms with E-state index >= 15 is 0 Å². The van der Waals surface area contributed by atoms with Crippen LogP contribution in [0.3, 0.4) is 0 Å². The molecule has 6 heteroatoms. The second-order valence-electron chi connectivity index (χ2n) is 5.28. The predicted molar refractivity (Wildman–Crippen MR) is 83.0 cm³/mol. The van der Waals surface area contributed by atoms with Gasteiger partial charge in [0.2, 0.25) is 0 Å². The summed E-state index contributed by atoms with van der Waals surface area (Å²) in [5, 5.41) is 20.5. The average Bonchev–Trinajstić information content (AvgIpc) is 3.12. The number of benzene rings is 1. The van der Waals surface area contributed by atoms with Gasteiger partial charge in [-0.1, -0.05) is 6.92 Å². The van der Waals surface area contributed by atoms with Crippen molar-refractivity contribution in [1.82, 2.24) is 15.6 Å². The summed E-state index contributed by atoms with van der Waals surface area (Å²) in [6.45, 7) is 1.96. The number of hydrogen-bond donors (Lipinski definition) is 3. The van der Waals surface area contributed by atoms with Crippen molar-refractivity contribution in [2.24, 2.45) is 5.10 Å². The van der Waals surface area contributed by atoms with Gasteiger partial charge >= 0.3 is 0 Å². The zero-order valence-electron chi connectivity index (χ0n) is 12.4. The summed E-state index contributed by atoms with van der Waals surface area (Å²) in [5.74, 6) is -0.0838. The number of fused-ring (bicyclic) bond motifs is 1. The van der Waals surface area contributed by atoms with Crippen molar-refractivity contribution < 1.29 is 9.90 Å². The van der Waals surface area contributed by atoms with Gasteiger partial charge in [-0.3, -0.25) is 9.89 Å². The van der Waals surface area contributed by atoms with Gasteiger partial charge in [0.25, 0.3) is 5.91 Å². The molecule has 6 nitrogen and oxygen atoms in total. The number of aryl methyl sites for hydroxylation is 1. The van der Waals surface area contributed by atoms with E-state index in [1.165, 1.54) is 0 Å². The number of aromatic hydroxyl groups is 1. The highest BCUT2D eigenvalue weighted by Gasteiger charge is 2.22. The largest absolute Gasteiger partial charge is 0.508 e. The van der Waals surface area contributed by atoms with E-state index in [1.807, 2.05) is 6.92 Å². The van der Waals surface area contributed by atoms with Crippen LogP contribution in [0.15, 0.2) is 29.4 Å². The van der Waals surface area contributed by atoms with Gasteiger partial charge in [0, 0.05) is 11.3 Å². The average molecular weight is 298 g/mol. The number of rotatable bonds is 4. The van der Waals surface area contributed by atoms with Crippen molar-refractivity contribution in [3.05, 3.63) is 46.8 Å². The summed E-state index contributed by atoms with van der Waals surface area (Å²) in [4.78, 5) is 12.2. The van der Waals surface area contributed by atoms with Crippen LogP contribution in [0.5, 0.6) is 5.75 Å². The zero-order valence-corrected chi connectivity index (χ0v) is 12.4. The van der Waals surface area contributed by atoms with E-state index in [2.05, 4.69) is 20.7 Å². The molecule has 114 valence electrons. The second-order valence-corrected chi connectivity index (χ2v) is 5.28. The van der Waals surface area contributed by atoms with Crippen LogP contribution in [0.25, 0.3) is 0 Å². The van der Waals surface area contributed by atoms with Crippen LogP contribution in [0.1, 0.15) is 47.1 Å². The molecule has 3 rings (SSSR count). The van der Waals surface area contributed by atoms with E-state index in [0.717, 1.165) is 41.8 Å². The molecule has 0 aliphatic heterocycles. The molecule has 1 heterocycles. The number of nitrogens with one attached hydrogen (secondary N) is 2. The summed E-state index contributed by atoms with van der Waals surface area (Å²) in [5.41, 5.74) is 6.71. The Morgan fingerprint density at radius 2 is 2.14 bits per heavy atom. The third-order valence-electron chi connectivity index (χ3n) is 3.85. The maximum atomic E-state index is 12.2. The third kappa shape index (κ3) is 2.72. The van der Waals surface area contributed by atoms with Crippen LogP contribution in [0.4, 0.5) is 0 Å². The lowest BCUT2D eigenvalue weighted by Crippen LogP contribution is -2.21. The number of carbonyl (C=O) groups excluding carboxylic acids is 1. The summed E-state index contributed by atoms with van der Waals surface area (Å²) >= 11 is 0. The Labute approximate surface area is 128 Å². The van der Waals surface area contributed by atoms with Gasteiger partial charge in [-0.05, 0) is 55.5 Å². The Hall–Kier alpha value is -2.63. The molecule has 22 heavy (non-hydrogen) atoms. The van der Waals surface area contributed by atoms with Crippen LogP contribution in [0, 0.1) is 0 Å². The van der Waals surface area contributed by atoms with Gasteiger partial charge in [-0.2, -0.15) is 10.2 Å². The van der Waals surface area contributed by atoms with Crippen molar-refractivity contribution in [2.45, 2.75) is 32.6 Å². The summed E-state index contributed by atoms with van der Waals surface area (Å²) in [6, 6.07) is 6.75. The number of carbonyl (C=O) groups is 1. The van der Waals surface area contributed by atoms with Crippen molar-refractivity contribution in [3.8, 4) is 5.75 Å². The van der Waals surface area contributed by atoms with Crippen molar-refractivity contribution in [1.29, 1.82) is 0 Å². The molecule has 1 amide bonds. The molecule has 3 N–H and O–H groups in total. The number of amides is 1. The monoisotopic (exact) mass is 298 g/mol. The number of H-pyrrole nitrogens is 1. The highest BCUT2D eigenvalue weighted by atomic mass is 16.3. The molecule has 0 atom stereocenters. The Bertz CT molecular complexity index is 716. The number of aromatic amines is 1. The molecule has 0 saturated heterocycles. The number of phenols is 1. The van der Waals surface area contributed by atoms with Gasteiger partial charge in [0.1, 0.15) is 5.75 Å². The lowest BCUT2D eigenvalue weighted by atomic mass is 10.1. The fraction of sp³-hybridized carbons (Fsp3) is 0.312. The highest BCUT2D eigenvalue weighted by molar-refractivity contribution is 6.02. The Balaban J connectivity index is 1.76. The number of phenolic OH excluding ortho intramolecular Hbond substituents is 1. The van der Waals surface area contributed by atoms with Gasteiger partial charge in [-0.25, -0.2) is 5.43 Å². The fourth-order valence-electron chi connectivity index (χ4n) is 2.68. The maximum absolute atomic E-state index is 12.2. The van der Waals surface area contributed by atoms with Gasteiger partial charge in [0.05, 0.1) is 5.71 Å². The van der Waals surface area contributed by atoms with E-state index in [4.69, 9.17) is 0 Å². The Kier molecular flexibility index (Phi) is 3.91. The topological polar surface area (TPSA) is 90.4 Å². The molecule has 2 aromatic rings. The first-order valence-corrected chi connectivity index (χ1v) is 7.41. The first-order valence-electron chi connectivity index (χ1n) is 7.41. The van der Waals surface area contributed by atoms with Crippen LogP contribution in [-0.4, -0.2) is 26.9 Å². The van der Waals surface area contributed by atoms with Crippen molar-refractivity contribution in [2.75, 3.05) is 0 Å². The smallest absolute Gasteiger partial charge is 0.292 e. The summed E-state index contributed by atoms with van der Waals surface area (Å²) in [7, 11) is 0. The lowest BCUT2D eigenvalue weighted by Gasteiger charge is -2.05. The molecule has 0 radical (unpaired) electrons. The normalized spacial score (nSPS) is 14.0. The van der Waals surface area contributed by atoms with E-state index in [-0.39, 0.29) is 11.7 Å². The number of aromatic nitrogens is 2. The van der Waals surface area contributed by atoms with Gasteiger partial charge in [0.15, 0.2) is 5.69 Å². The summed E-state index contributed by atoms with van der Waals surface area (Å²) in [6.07, 6.45) is 3.56. The van der Waals surface area contributed by atoms with Crippen LogP contribution in [-0.2, 0) is 12.8 Å². The number of nitrogens with zero attached hydrogens (tertiary/aromatic N) is 2. The molecule has 1 aliphatic carbocycles. The molecule has 1 aliphatic rings. The van der Waals surface area contributed by atoms with E-state index in [0.29, 0.717) is 12.1 Å². The fourth-order valence-corrected chi connectivity index (χ4v) is 2.68. The van der Waals surface area contributed by atoms with E-state index < -0.39 is 0 Å². The van der Waals surface area contributed by atoms with Gasteiger partial charge < -0.3 is 5.11 Å². The number of hydrazone groups is 1. The minimum Gasteiger partial charge on any atom is -0.508 e. The molecule has 1 aromatic heterocycles.